The van der Waals surface area contributed by atoms with Crippen molar-refractivity contribution in [2.45, 2.75) is 19.3 Å². The maximum atomic E-state index is 12.0. The lowest BCUT2D eigenvalue weighted by Crippen LogP contribution is -2.23. The summed E-state index contributed by atoms with van der Waals surface area (Å²) in [6.07, 6.45) is -4.80. The zero-order valence-corrected chi connectivity index (χ0v) is 8.41. The maximum absolute atomic E-state index is 12.0. The summed E-state index contributed by atoms with van der Waals surface area (Å²) in [6.45, 7) is 1.20. The van der Waals surface area contributed by atoms with Crippen LogP contribution in [0.1, 0.15) is 18.5 Å². The van der Waals surface area contributed by atoms with Crippen molar-refractivity contribution in [2.75, 3.05) is 0 Å². The van der Waals surface area contributed by atoms with Crippen molar-refractivity contribution in [3.05, 3.63) is 29.8 Å². The lowest BCUT2D eigenvalue weighted by atomic mass is 10.0. The number of alkyl halides is 3. The fraction of sp³-hybridized carbons (Fsp3) is 0.300. The van der Waals surface area contributed by atoms with E-state index in [-0.39, 0.29) is 5.56 Å². The van der Waals surface area contributed by atoms with Crippen LogP contribution in [0.2, 0.25) is 0 Å². The van der Waals surface area contributed by atoms with Crippen LogP contribution in [0.5, 0.6) is 5.75 Å². The van der Waals surface area contributed by atoms with Gasteiger partial charge in [0.2, 0.25) is 0 Å². The summed E-state index contributed by atoms with van der Waals surface area (Å²) in [7, 11) is 0. The Hall–Kier alpha value is -1.56. The Morgan fingerprint density at radius 2 is 1.94 bits per heavy atom. The first-order valence-corrected chi connectivity index (χ1v) is 4.42. The Morgan fingerprint density at radius 1 is 1.38 bits per heavy atom. The van der Waals surface area contributed by atoms with Crippen LogP contribution in [0.3, 0.4) is 0 Å². The fourth-order valence-corrected chi connectivity index (χ4v) is 1.17. The van der Waals surface area contributed by atoms with Gasteiger partial charge in [-0.25, -0.2) is 0 Å². The minimum Gasteiger partial charge on any atom is -0.405 e. The van der Waals surface area contributed by atoms with Gasteiger partial charge in [-0.15, -0.1) is 13.2 Å². The van der Waals surface area contributed by atoms with Crippen LogP contribution in [-0.4, -0.2) is 12.1 Å². The predicted octanol–water partition coefficient (Wildman–Crippen LogP) is 2.17. The number of carbonyl (C=O) groups is 1. The molecule has 0 spiro atoms. The third kappa shape index (κ3) is 3.23. The van der Waals surface area contributed by atoms with E-state index in [1.54, 1.807) is 0 Å². The molecule has 0 aliphatic heterocycles. The maximum Gasteiger partial charge on any atom is 0.573 e. The van der Waals surface area contributed by atoms with E-state index in [0.29, 0.717) is 0 Å². The molecule has 0 radical (unpaired) electrons. The van der Waals surface area contributed by atoms with E-state index in [0.717, 1.165) is 6.07 Å². The standard InChI is InChI=1S/C10H10F3NO2/c1-6(15)9(14)7-4-2-3-5-8(7)16-10(11,12)13/h2-5,9H,14H2,1H3. The molecule has 1 aromatic carbocycles. The molecule has 2 N–H and O–H groups in total. The molecule has 88 valence electrons. The summed E-state index contributed by atoms with van der Waals surface area (Å²) in [4.78, 5) is 11.0. The van der Waals surface area contributed by atoms with Crippen molar-refractivity contribution in [2.24, 2.45) is 5.73 Å². The lowest BCUT2D eigenvalue weighted by Gasteiger charge is -2.15. The van der Waals surface area contributed by atoms with Crippen LogP contribution >= 0.6 is 0 Å². The van der Waals surface area contributed by atoms with Crippen molar-refractivity contribution in [3.8, 4) is 5.75 Å². The van der Waals surface area contributed by atoms with Gasteiger partial charge in [0.05, 0.1) is 6.04 Å². The number of benzene rings is 1. The number of rotatable bonds is 3. The summed E-state index contributed by atoms with van der Waals surface area (Å²) in [6, 6.07) is 4.19. The van der Waals surface area contributed by atoms with Crippen LogP contribution in [0.15, 0.2) is 24.3 Å². The van der Waals surface area contributed by atoms with E-state index in [2.05, 4.69) is 4.74 Å². The van der Waals surface area contributed by atoms with Crippen molar-refractivity contribution in [3.63, 3.8) is 0 Å². The normalized spacial score (nSPS) is 13.3. The fourth-order valence-electron chi connectivity index (χ4n) is 1.17. The number of halogens is 3. The van der Waals surface area contributed by atoms with E-state index in [1.165, 1.54) is 25.1 Å². The molecule has 0 saturated carbocycles. The number of carbonyl (C=O) groups excluding carboxylic acids is 1. The van der Waals surface area contributed by atoms with Crippen LogP contribution < -0.4 is 10.5 Å². The number of nitrogens with two attached hydrogens (primary N) is 1. The predicted molar refractivity (Wildman–Crippen MR) is 50.7 cm³/mol. The Balaban J connectivity index is 3.05. The Bertz CT molecular complexity index is 390. The highest BCUT2D eigenvalue weighted by atomic mass is 19.4. The average molecular weight is 233 g/mol. The van der Waals surface area contributed by atoms with Gasteiger partial charge in [0.15, 0.2) is 5.78 Å². The SMILES string of the molecule is CC(=O)C(N)c1ccccc1OC(F)(F)F. The number of para-hydroxylation sites is 1. The number of hydrogen-bond acceptors (Lipinski definition) is 3. The number of Topliss-reactive ketones (excluding diaryl/α,β-unsaturated/α-hetero) is 1. The van der Waals surface area contributed by atoms with Gasteiger partial charge < -0.3 is 10.5 Å². The first kappa shape index (κ1) is 12.5. The van der Waals surface area contributed by atoms with E-state index in [1.807, 2.05) is 0 Å². The molecule has 0 saturated heterocycles. The Morgan fingerprint density at radius 3 is 2.44 bits per heavy atom. The van der Waals surface area contributed by atoms with Gasteiger partial charge >= 0.3 is 6.36 Å². The molecule has 6 heteroatoms. The minimum absolute atomic E-state index is 0.0207. The molecule has 1 atom stereocenters. The third-order valence-corrected chi connectivity index (χ3v) is 1.92. The van der Waals surface area contributed by atoms with Gasteiger partial charge in [0.25, 0.3) is 0 Å². The summed E-state index contributed by atoms with van der Waals surface area (Å²) < 4.78 is 39.9. The molecule has 0 aliphatic rings. The van der Waals surface area contributed by atoms with E-state index in [9.17, 15) is 18.0 Å². The van der Waals surface area contributed by atoms with Crippen molar-refractivity contribution < 1.29 is 22.7 Å². The first-order chi connectivity index (χ1) is 7.31. The van der Waals surface area contributed by atoms with Gasteiger partial charge in [-0.3, -0.25) is 4.79 Å². The second-order valence-corrected chi connectivity index (χ2v) is 3.17. The van der Waals surface area contributed by atoms with Crippen LogP contribution in [0.25, 0.3) is 0 Å². The molecule has 0 amide bonds. The van der Waals surface area contributed by atoms with Crippen molar-refractivity contribution >= 4 is 5.78 Å². The average Bonchev–Trinajstić information content (AvgIpc) is 2.15. The summed E-state index contributed by atoms with van der Waals surface area (Å²) in [5.41, 5.74) is 5.48. The highest BCUT2D eigenvalue weighted by Crippen LogP contribution is 2.29. The second-order valence-electron chi connectivity index (χ2n) is 3.17. The van der Waals surface area contributed by atoms with E-state index >= 15 is 0 Å². The van der Waals surface area contributed by atoms with Crippen LogP contribution in [-0.2, 0) is 4.79 Å². The second kappa shape index (κ2) is 4.52. The number of ether oxygens (including phenoxy) is 1. The summed E-state index contributed by atoms with van der Waals surface area (Å²) in [5, 5.41) is 0. The van der Waals surface area contributed by atoms with Crippen molar-refractivity contribution in [1.82, 2.24) is 0 Å². The number of hydrogen-bond donors (Lipinski definition) is 1. The highest BCUT2D eigenvalue weighted by Gasteiger charge is 2.32. The van der Waals surface area contributed by atoms with Gasteiger partial charge in [0.1, 0.15) is 5.75 Å². The van der Waals surface area contributed by atoms with E-state index < -0.39 is 23.9 Å². The molecule has 3 nitrogen and oxygen atoms in total. The quantitative estimate of drug-likeness (QED) is 0.870. The first-order valence-electron chi connectivity index (χ1n) is 4.42. The molecular weight excluding hydrogens is 223 g/mol. The summed E-state index contributed by atoms with van der Waals surface area (Å²) >= 11 is 0. The highest BCUT2D eigenvalue weighted by molar-refractivity contribution is 5.83. The molecule has 0 aliphatic carbocycles. The zero-order chi connectivity index (χ0) is 12.3. The van der Waals surface area contributed by atoms with Gasteiger partial charge in [-0.2, -0.15) is 0 Å². The van der Waals surface area contributed by atoms with Crippen molar-refractivity contribution in [1.29, 1.82) is 0 Å². The largest absolute Gasteiger partial charge is 0.573 e. The molecular formula is C10H10F3NO2. The van der Waals surface area contributed by atoms with Gasteiger partial charge in [0, 0.05) is 5.56 Å². The van der Waals surface area contributed by atoms with E-state index in [4.69, 9.17) is 5.73 Å². The Labute approximate surface area is 90.0 Å². The molecule has 0 aromatic heterocycles. The van der Waals surface area contributed by atoms with Gasteiger partial charge in [-0.1, -0.05) is 18.2 Å². The molecule has 0 bridgehead atoms. The monoisotopic (exact) mass is 233 g/mol. The molecule has 0 fully saturated rings. The smallest absolute Gasteiger partial charge is 0.405 e. The molecule has 16 heavy (non-hydrogen) atoms. The molecule has 1 rings (SSSR count). The Kier molecular flexibility index (Phi) is 3.54. The molecule has 0 heterocycles. The molecule has 1 aromatic rings. The lowest BCUT2D eigenvalue weighted by molar-refractivity contribution is -0.275. The summed E-state index contributed by atoms with van der Waals surface area (Å²) in [5.74, 6) is -0.879. The van der Waals surface area contributed by atoms with Gasteiger partial charge in [-0.05, 0) is 13.0 Å². The minimum atomic E-state index is -4.80. The van der Waals surface area contributed by atoms with Crippen LogP contribution in [0, 0.1) is 0 Å². The van der Waals surface area contributed by atoms with Crippen LogP contribution in [0.4, 0.5) is 13.2 Å². The third-order valence-electron chi connectivity index (χ3n) is 1.92. The zero-order valence-electron chi connectivity index (χ0n) is 8.41. The molecule has 1 unspecified atom stereocenters. The topological polar surface area (TPSA) is 52.3 Å². The number of ketones is 1.